The summed E-state index contributed by atoms with van der Waals surface area (Å²) in [5.74, 6) is -0.799. The zero-order valence-corrected chi connectivity index (χ0v) is 11.0. The molecule has 3 nitrogen and oxygen atoms in total. The highest BCUT2D eigenvalue weighted by atomic mass is 19.4. The number of carbonyl (C=O) groups excluding carboxylic acids is 1. The highest BCUT2D eigenvalue weighted by Crippen LogP contribution is 2.34. The van der Waals surface area contributed by atoms with E-state index in [4.69, 9.17) is 0 Å². The van der Waals surface area contributed by atoms with Gasteiger partial charge in [0.25, 0.3) is 5.91 Å². The van der Waals surface area contributed by atoms with E-state index in [2.05, 4.69) is 5.32 Å². The van der Waals surface area contributed by atoms with Gasteiger partial charge in [0, 0.05) is 11.1 Å². The van der Waals surface area contributed by atoms with Crippen molar-refractivity contribution in [3.8, 4) is 5.75 Å². The summed E-state index contributed by atoms with van der Waals surface area (Å²) in [6, 6.07) is 9.01. The average Bonchev–Trinajstić information content (AvgIpc) is 2.41. The summed E-state index contributed by atoms with van der Waals surface area (Å²) in [4.78, 5) is 12.1. The maximum atomic E-state index is 12.9. The van der Waals surface area contributed by atoms with Gasteiger partial charge in [-0.25, -0.2) is 0 Å². The third-order valence-corrected chi connectivity index (χ3v) is 3.03. The number of carbonyl (C=O) groups is 1. The molecule has 0 heterocycles. The van der Waals surface area contributed by atoms with Crippen LogP contribution in [0.5, 0.6) is 5.75 Å². The Bertz CT molecular complexity index is 681. The average molecular weight is 295 g/mol. The van der Waals surface area contributed by atoms with E-state index in [-0.39, 0.29) is 17.0 Å². The van der Waals surface area contributed by atoms with Crippen molar-refractivity contribution in [2.24, 2.45) is 0 Å². The fourth-order valence-electron chi connectivity index (χ4n) is 1.90. The molecule has 2 aromatic carbocycles. The molecule has 0 saturated carbocycles. The Morgan fingerprint density at radius 3 is 2.43 bits per heavy atom. The summed E-state index contributed by atoms with van der Waals surface area (Å²) in [7, 11) is 0. The number of phenols is 1. The molecule has 0 aliphatic rings. The lowest BCUT2D eigenvalue weighted by atomic mass is 10.1. The molecular weight excluding hydrogens is 283 g/mol. The van der Waals surface area contributed by atoms with E-state index < -0.39 is 17.6 Å². The van der Waals surface area contributed by atoms with Gasteiger partial charge >= 0.3 is 6.18 Å². The van der Waals surface area contributed by atoms with Crippen LogP contribution in [0.25, 0.3) is 0 Å². The molecule has 0 fully saturated rings. The van der Waals surface area contributed by atoms with Crippen LogP contribution in [0.15, 0.2) is 42.5 Å². The number of halogens is 3. The monoisotopic (exact) mass is 295 g/mol. The van der Waals surface area contributed by atoms with Crippen molar-refractivity contribution in [2.45, 2.75) is 13.1 Å². The number of alkyl halides is 3. The second kappa shape index (κ2) is 5.47. The van der Waals surface area contributed by atoms with Crippen molar-refractivity contribution >= 4 is 11.6 Å². The first-order valence-electron chi connectivity index (χ1n) is 6.07. The van der Waals surface area contributed by atoms with E-state index in [0.717, 1.165) is 6.07 Å². The molecule has 0 atom stereocenters. The number of aromatic hydroxyl groups is 1. The summed E-state index contributed by atoms with van der Waals surface area (Å²) in [6.07, 6.45) is -4.56. The maximum Gasteiger partial charge on any atom is 0.418 e. The summed E-state index contributed by atoms with van der Waals surface area (Å²) in [5.41, 5.74) is -0.819. The van der Waals surface area contributed by atoms with Gasteiger partial charge in [-0.15, -0.1) is 0 Å². The van der Waals surface area contributed by atoms with Crippen molar-refractivity contribution in [1.29, 1.82) is 0 Å². The molecule has 110 valence electrons. The van der Waals surface area contributed by atoms with Crippen LogP contribution in [0.2, 0.25) is 0 Å². The van der Waals surface area contributed by atoms with Gasteiger partial charge in [-0.2, -0.15) is 13.2 Å². The number of phenolic OH excluding ortho intramolecular Hbond substituents is 1. The van der Waals surface area contributed by atoms with Crippen LogP contribution in [0.1, 0.15) is 21.5 Å². The minimum Gasteiger partial charge on any atom is -0.508 e. The molecule has 6 heteroatoms. The number of rotatable bonds is 2. The van der Waals surface area contributed by atoms with Gasteiger partial charge in [-0.05, 0) is 31.2 Å². The number of hydrogen-bond donors (Lipinski definition) is 2. The highest BCUT2D eigenvalue weighted by molar-refractivity contribution is 6.06. The topological polar surface area (TPSA) is 49.3 Å². The van der Waals surface area contributed by atoms with Gasteiger partial charge < -0.3 is 10.4 Å². The minimum absolute atomic E-state index is 0.0910. The fraction of sp³-hybridized carbons (Fsp3) is 0.133. The van der Waals surface area contributed by atoms with Crippen LogP contribution in [-0.2, 0) is 6.18 Å². The molecule has 0 bridgehead atoms. The van der Waals surface area contributed by atoms with Crippen molar-refractivity contribution in [3.05, 3.63) is 59.2 Å². The summed E-state index contributed by atoms with van der Waals surface area (Å²) < 4.78 is 38.6. The molecule has 2 aromatic rings. The van der Waals surface area contributed by atoms with Crippen LogP contribution >= 0.6 is 0 Å². The number of nitrogens with one attached hydrogen (secondary N) is 1. The molecule has 1 amide bonds. The second-order valence-electron chi connectivity index (χ2n) is 4.45. The number of hydrogen-bond acceptors (Lipinski definition) is 2. The van der Waals surface area contributed by atoms with Crippen LogP contribution in [-0.4, -0.2) is 11.0 Å². The molecule has 0 radical (unpaired) electrons. The third-order valence-electron chi connectivity index (χ3n) is 3.03. The zero-order valence-electron chi connectivity index (χ0n) is 11.0. The van der Waals surface area contributed by atoms with E-state index >= 15 is 0 Å². The summed E-state index contributed by atoms with van der Waals surface area (Å²) >= 11 is 0. The first kappa shape index (κ1) is 14.9. The molecular formula is C15H12F3NO2. The van der Waals surface area contributed by atoms with E-state index in [0.29, 0.717) is 5.56 Å². The smallest absolute Gasteiger partial charge is 0.418 e. The van der Waals surface area contributed by atoms with E-state index in [1.807, 2.05) is 0 Å². The largest absolute Gasteiger partial charge is 0.508 e. The van der Waals surface area contributed by atoms with Crippen LogP contribution < -0.4 is 5.32 Å². The van der Waals surface area contributed by atoms with E-state index in [1.54, 1.807) is 0 Å². The normalized spacial score (nSPS) is 11.2. The van der Waals surface area contributed by atoms with Gasteiger partial charge in [0.15, 0.2) is 0 Å². The predicted octanol–water partition coefficient (Wildman–Crippen LogP) is 3.97. The fourth-order valence-corrected chi connectivity index (χ4v) is 1.90. The number of anilines is 1. The van der Waals surface area contributed by atoms with Crippen molar-refractivity contribution in [2.75, 3.05) is 5.32 Å². The lowest BCUT2D eigenvalue weighted by Gasteiger charge is -2.14. The van der Waals surface area contributed by atoms with E-state index in [9.17, 15) is 23.1 Å². The molecule has 0 spiro atoms. The van der Waals surface area contributed by atoms with Gasteiger partial charge in [0.2, 0.25) is 0 Å². The Morgan fingerprint density at radius 2 is 1.76 bits per heavy atom. The minimum atomic E-state index is -4.56. The Kier molecular flexibility index (Phi) is 3.88. The molecule has 0 unspecified atom stereocenters. The molecule has 0 saturated heterocycles. The number of benzene rings is 2. The van der Waals surface area contributed by atoms with Gasteiger partial charge in [0.1, 0.15) is 5.75 Å². The van der Waals surface area contributed by atoms with Gasteiger partial charge in [-0.3, -0.25) is 4.79 Å². The van der Waals surface area contributed by atoms with Crippen molar-refractivity contribution in [3.63, 3.8) is 0 Å². The van der Waals surface area contributed by atoms with Crippen LogP contribution in [0, 0.1) is 6.92 Å². The molecule has 0 aliphatic heterocycles. The highest BCUT2D eigenvalue weighted by Gasteiger charge is 2.33. The van der Waals surface area contributed by atoms with Gasteiger partial charge in [-0.1, -0.05) is 18.2 Å². The molecule has 0 aromatic heterocycles. The summed E-state index contributed by atoms with van der Waals surface area (Å²) in [5, 5.41) is 11.8. The Hall–Kier alpha value is -2.50. The molecule has 21 heavy (non-hydrogen) atoms. The number of para-hydroxylation sites is 1. The Labute approximate surface area is 119 Å². The first-order valence-corrected chi connectivity index (χ1v) is 6.07. The van der Waals surface area contributed by atoms with Gasteiger partial charge in [0.05, 0.1) is 11.3 Å². The van der Waals surface area contributed by atoms with Crippen LogP contribution in [0.3, 0.4) is 0 Å². The predicted molar refractivity (Wildman–Crippen MR) is 72.2 cm³/mol. The van der Waals surface area contributed by atoms with Crippen molar-refractivity contribution in [1.82, 2.24) is 0 Å². The van der Waals surface area contributed by atoms with Crippen molar-refractivity contribution < 1.29 is 23.1 Å². The first-order chi connectivity index (χ1) is 9.80. The second-order valence-corrected chi connectivity index (χ2v) is 4.45. The lowest BCUT2D eigenvalue weighted by molar-refractivity contribution is -0.136. The Morgan fingerprint density at radius 1 is 1.10 bits per heavy atom. The maximum absolute atomic E-state index is 12.9. The van der Waals surface area contributed by atoms with Crippen LogP contribution in [0.4, 0.5) is 18.9 Å². The molecule has 2 rings (SSSR count). The third kappa shape index (κ3) is 3.16. The number of amides is 1. The quantitative estimate of drug-likeness (QED) is 0.880. The van der Waals surface area contributed by atoms with E-state index in [1.165, 1.54) is 43.3 Å². The summed E-state index contributed by atoms with van der Waals surface area (Å²) in [6.45, 7) is 1.51. The standard InChI is InChI=1S/C15H12F3NO2/c1-9-10(5-4-8-13(9)20)14(21)19-12-7-3-2-6-11(12)15(16,17)18/h2-8,20H,1H3,(H,19,21). The SMILES string of the molecule is Cc1c(O)cccc1C(=O)Nc1ccccc1C(F)(F)F. The zero-order chi connectivity index (χ0) is 15.6. The lowest BCUT2D eigenvalue weighted by Crippen LogP contribution is -2.17. The Balaban J connectivity index is 2.35. The molecule has 0 aliphatic carbocycles. The molecule has 2 N–H and O–H groups in total.